The van der Waals surface area contributed by atoms with Crippen molar-refractivity contribution in [2.24, 2.45) is 0 Å². The maximum absolute atomic E-state index is 12.9. The highest BCUT2D eigenvalue weighted by Gasteiger charge is 2.20. The number of amides is 1. The second-order valence-corrected chi connectivity index (χ2v) is 8.96. The lowest BCUT2D eigenvalue weighted by molar-refractivity contribution is 0.101. The molecule has 4 rings (SSSR count). The van der Waals surface area contributed by atoms with E-state index in [1.165, 1.54) is 18.2 Å². The molecule has 4 aromatic rings. The van der Waals surface area contributed by atoms with Gasteiger partial charge in [-0.05, 0) is 55.0 Å². The van der Waals surface area contributed by atoms with Gasteiger partial charge in [0.15, 0.2) is 11.5 Å². The number of nitrogens with one attached hydrogen (secondary N) is 2. The van der Waals surface area contributed by atoms with Gasteiger partial charge in [-0.2, -0.15) is 0 Å². The number of rotatable bonds is 6. The quantitative estimate of drug-likeness (QED) is 0.422. The number of sulfonamides is 1. The lowest BCUT2D eigenvalue weighted by Crippen LogP contribution is -2.16. The third-order valence-corrected chi connectivity index (χ3v) is 6.26. The lowest BCUT2D eigenvalue weighted by Gasteiger charge is -2.12. The van der Waals surface area contributed by atoms with Crippen molar-refractivity contribution >= 4 is 38.9 Å². The number of hydrogen-bond acceptors (Lipinski definition) is 6. The first-order valence-electron chi connectivity index (χ1n) is 9.39. The number of aryl methyl sites for hydroxylation is 1. The summed E-state index contributed by atoms with van der Waals surface area (Å²) in [5, 5.41) is 6.83. The van der Waals surface area contributed by atoms with E-state index < -0.39 is 15.9 Å². The molecule has 0 bridgehead atoms. The average Bonchev–Trinajstić information content (AvgIpc) is 3.26. The van der Waals surface area contributed by atoms with E-state index in [1.807, 2.05) is 0 Å². The van der Waals surface area contributed by atoms with Gasteiger partial charge in [-0.15, -0.1) is 0 Å². The smallest absolute Gasteiger partial charge is 0.277 e. The maximum Gasteiger partial charge on any atom is 0.277 e. The zero-order valence-electron chi connectivity index (χ0n) is 16.7. The number of hydrogen-bond donors (Lipinski definition) is 2. The molecule has 1 amide bonds. The fraction of sp³-hybridized carbons (Fsp3) is 0.0455. The summed E-state index contributed by atoms with van der Waals surface area (Å²) in [6.45, 7) is 1.66. The predicted molar refractivity (Wildman–Crippen MR) is 121 cm³/mol. The Hall–Kier alpha value is -3.69. The van der Waals surface area contributed by atoms with E-state index in [9.17, 15) is 13.2 Å². The number of aromatic nitrogens is 2. The number of anilines is 2. The molecule has 2 aromatic heterocycles. The summed E-state index contributed by atoms with van der Waals surface area (Å²) in [6, 6.07) is 16.0. The van der Waals surface area contributed by atoms with Gasteiger partial charge in [0.25, 0.3) is 15.9 Å². The van der Waals surface area contributed by atoms with Crippen LogP contribution in [0.5, 0.6) is 0 Å². The van der Waals surface area contributed by atoms with Gasteiger partial charge < -0.3 is 9.84 Å². The van der Waals surface area contributed by atoms with Crippen molar-refractivity contribution in [3.63, 3.8) is 0 Å². The highest BCUT2D eigenvalue weighted by atomic mass is 35.5. The summed E-state index contributed by atoms with van der Waals surface area (Å²) in [5.41, 5.74) is 1.86. The molecule has 162 valence electrons. The van der Waals surface area contributed by atoms with Crippen molar-refractivity contribution in [3.05, 3.63) is 89.3 Å². The minimum Gasteiger partial charge on any atom is -0.355 e. The zero-order valence-corrected chi connectivity index (χ0v) is 18.3. The van der Waals surface area contributed by atoms with Crippen LogP contribution in [-0.4, -0.2) is 24.5 Å². The van der Waals surface area contributed by atoms with E-state index in [0.29, 0.717) is 27.6 Å². The molecule has 0 aliphatic heterocycles. The number of halogens is 1. The Bertz CT molecular complexity index is 1390. The molecule has 0 aliphatic rings. The van der Waals surface area contributed by atoms with Crippen LogP contribution in [0.25, 0.3) is 11.3 Å². The van der Waals surface area contributed by atoms with Crippen LogP contribution in [0, 0.1) is 6.92 Å². The first-order chi connectivity index (χ1) is 15.3. The van der Waals surface area contributed by atoms with E-state index >= 15 is 0 Å². The molecule has 2 N–H and O–H groups in total. The van der Waals surface area contributed by atoms with Crippen LogP contribution in [0.15, 0.2) is 82.5 Å². The molecule has 0 saturated heterocycles. The number of pyridine rings is 1. The summed E-state index contributed by atoms with van der Waals surface area (Å²) in [4.78, 5) is 16.6. The standard InChI is InChI=1S/C22H17ClN4O4S/c1-14-7-8-17(11-21(14)32(29,30)27-18-6-2-5-16(23)10-18)25-22(28)19-12-20(31-26-19)15-4-3-9-24-13-15/h2-13,27H,1H3,(H,25,28). The van der Waals surface area contributed by atoms with Crippen molar-refractivity contribution in [2.75, 3.05) is 10.0 Å². The predicted octanol–water partition coefficient (Wildman–Crippen LogP) is 4.75. The number of carbonyl (C=O) groups excluding carboxylic acids is 1. The normalized spacial score (nSPS) is 11.2. The van der Waals surface area contributed by atoms with Crippen molar-refractivity contribution in [3.8, 4) is 11.3 Å². The Labute approximate surface area is 189 Å². The summed E-state index contributed by atoms with van der Waals surface area (Å²) < 4.78 is 33.5. The van der Waals surface area contributed by atoms with E-state index in [-0.39, 0.29) is 16.3 Å². The van der Waals surface area contributed by atoms with Crippen LogP contribution in [0.4, 0.5) is 11.4 Å². The van der Waals surface area contributed by atoms with E-state index in [0.717, 1.165) is 0 Å². The van der Waals surface area contributed by atoms with Crippen molar-refractivity contribution in [1.82, 2.24) is 10.1 Å². The zero-order chi connectivity index (χ0) is 22.7. The van der Waals surface area contributed by atoms with Gasteiger partial charge >= 0.3 is 0 Å². The first-order valence-corrected chi connectivity index (χ1v) is 11.3. The van der Waals surface area contributed by atoms with Crippen molar-refractivity contribution in [2.45, 2.75) is 11.8 Å². The first kappa shape index (κ1) is 21.5. The highest BCUT2D eigenvalue weighted by molar-refractivity contribution is 7.92. The molecule has 0 saturated carbocycles. The number of carbonyl (C=O) groups is 1. The fourth-order valence-electron chi connectivity index (χ4n) is 2.95. The summed E-state index contributed by atoms with van der Waals surface area (Å²) in [6.07, 6.45) is 3.21. The van der Waals surface area contributed by atoms with E-state index in [4.69, 9.17) is 16.1 Å². The van der Waals surface area contributed by atoms with Crippen LogP contribution in [-0.2, 0) is 10.0 Å². The van der Waals surface area contributed by atoms with Gasteiger partial charge in [-0.3, -0.25) is 14.5 Å². The topological polar surface area (TPSA) is 114 Å². The highest BCUT2D eigenvalue weighted by Crippen LogP contribution is 2.25. The SMILES string of the molecule is Cc1ccc(NC(=O)c2cc(-c3cccnc3)on2)cc1S(=O)(=O)Nc1cccc(Cl)c1. The lowest BCUT2D eigenvalue weighted by atomic mass is 10.2. The molecule has 2 heterocycles. The average molecular weight is 469 g/mol. The van der Waals surface area contributed by atoms with Crippen LogP contribution in [0.2, 0.25) is 5.02 Å². The number of benzene rings is 2. The van der Waals surface area contributed by atoms with Crippen molar-refractivity contribution in [1.29, 1.82) is 0 Å². The molecule has 0 radical (unpaired) electrons. The second kappa shape index (κ2) is 8.81. The molecule has 8 nitrogen and oxygen atoms in total. The Morgan fingerprint density at radius 2 is 1.88 bits per heavy atom. The van der Waals surface area contributed by atoms with Gasteiger partial charge in [0.2, 0.25) is 0 Å². The van der Waals surface area contributed by atoms with Gasteiger partial charge in [-0.25, -0.2) is 8.42 Å². The Morgan fingerprint density at radius 1 is 1.03 bits per heavy atom. The minimum atomic E-state index is -3.92. The fourth-order valence-corrected chi connectivity index (χ4v) is 4.46. The third kappa shape index (κ3) is 4.79. The van der Waals surface area contributed by atoms with Crippen LogP contribution in [0.1, 0.15) is 16.1 Å². The van der Waals surface area contributed by atoms with Crippen molar-refractivity contribution < 1.29 is 17.7 Å². The molecule has 0 spiro atoms. The molecule has 0 unspecified atom stereocenters. The largest absolute Gasteiger partial charge is 0.355 e. The molecule has 0 fully saturated rings. The van der Waals surface area contributed by atoms with E-state index in [2.05, 4.69) is 20.2 Å². The molecule has 10 heteroatoms. The molecule has 0 aliphatic carbocycles. The van der Waals surface area contributed by atoms with Crippen LogP contribution < -0.4 is 10.0 Å². The van der Waals surface area contributed by atoms with Crippen LogP contribution >= 0.6 is 11.6 Å². The second-order valence-electron chi connectivity index (χ2n) is 6.87. The van der Waals surface area contributed by atoms with Gasteiger partial charge in [0, 0.05) is 34.7 Å². The van der Waals surface area contributed by atoms with Gasteiger partial charge in [0.05, 0.1) is 10.6 Å². The third-order valence-electron chi connectivity index (χ3n) is 4.50. The summed E-state index contributed by atoms with van der Waals surface area (Å²) in [5.74, 6) is -0.153. The molecule has 2 aromatic carbocycles. The maximum atomic E-state index is 12.9. The Balaban J connectivity index is 1.55. The Morgan fingerprint density at radius 3 is 2.62 bits per heavy atom. The van der Waals surface area contributed by atoms with Gasteiger partial charge in [0.1, 0.15) is 0 Å². The number of nitrogens with zero attached hydrogens (tertiary/aromatic N) is 2. The molecular weight excluding hydrogens is 452 g/mol. The van der Waals surface area contributed by atoms with Gasteiger partial charge in [-0.1, -0.05) is 28.9 Å². The summed E-state index contributed by atoms with van der Waals surface area (Å²) >= 11 is 5.93. The Kier molecular flexibility index (Phi) is 5.93. The van der Waals surface area contributed by atoms with E-state index in [1.54, 1.807) is 61.8 Å². The summed E-state index contributed by atoms with van der Waals surface area (Å²) in [7, 11) is -3.92. The monoisotopic (exact) mass is 468 g/mol. The molecule has 32 heavy (non-hydrogen) atoms. The minimum absolute atomic E-state index is 0.0199. The molecule has 0 atom stereocenters. The molecular formula is C22H17ClN4O4S. The van der Waals surface area contributed by atoms with Crippen LogP contribution in [0.3, 0.4) is 0 Å².